The minimum atomic E-state index is -0.922. The van der Waals surface area contributed by atoms with Crippen LogP contribution in [-0.2, 0) is 19.2 Å². The van der Waals surface area contributed by atoms with Crippen LogP contribution in [0.1, 0.15) is 33.8 Å². The van der Waals surface area contributed by atoms with Gasteiger partial charge in [-0.2, -0.15) is 0 Å². The number of benzene rings is 2. The highest BCUT2D eigenvalue weighted by Gasteiger charge is 2.60. The number of aryl methyl sites for hydroxylation is 1. The highest BCUT2D eigenvalue weighted by atomic mass is 32.1. The number of fused-ring (bicyclic) bond motifs is 1. The molecule has 0 N–H and O–H groups in total. The van der Waals surface area contributed by atoms with Crippen molar-refractivity contribution in [2.45, 2.75) is 26.0 Å². The molecule has 33 heavy (non-hydrogen) atoms. The summed E-state index contributed by atoms with van der Waals surface area (Å²) in [7, 11) is 0. The second-order valence-corrected chi connectivity index (χ2v) is 8.88. The van der Waals surface area contributed by atoms with Crippen LogP contribution < -0.4 is 9.96 Å². The monoisotopic (exact) mass is 462 g/mol. The van der Waals surface area contributed by atoms with E-state index in [1.54, 1.807) is 36.3 Å². The van der Waals surface area contributed by atoms with Gasteiger partial charge >= 0.3 is 5.97 Å². The third-order valence-corrected chi connectivity index (χ3v) is 6.88. The Morgan fingerprint density at radius 3 is 2.45 bits per heavy atom. The lowest BCUT2D eigenvalue weighted by molar-refractivity contribution is -0.126. The van der Waals surface area contributed by atoms with Gasteiger partial charge in [0.15, 0.2) is 6.10 Å². The van der Waals surface area contributed by atoms with Crippen molar-refractivity contribution in [2.75, 3.05) is 16.6 Å². The number of carbonyl (C=O) groups excluding carboxylic acids is 3. The molecule has 3 heterocycles. The number of hydrogen-bond acceptors (Lipinski definition) is 7. The van der Waals surface area contributed by atoms with Gasteiger partial charge in [0.25, 0.3) is 5.91 Å². The molecular weight excluding hydrogens is 440 g/mol. The van der Waals surface area contributed by atoms with Gasteiger partial charge in [-0.3, -0.25) is 14.4 Å². The first-order chi connectivity index (χ1) is 16.0. The number of imide groups is 1. The average molecular weight is 463 g/mol. The van der Waals surface area contributed by atoms with Crippen molar-refractivity contribution in [2.24, 2.45) is 5.92 Å². The van der Waals surface area contributed by atoms with Crippen LogP contribution in [-0.4, -0.2) is 30.5 Å². The summed E-state index contributed by atoms with van der Waals surface area (Å²) < 4.78 is 5.00. The maximum atomic E-state index is 13.6. The highest BCUT2D eigenvalue weighted by Crippen LogP contribution is 2.49. The maximum absolute atomic E-state index is 13.6. The first-order valence-corrected chi connectivity index (χ1v) is 11.6. The van der Waals surface area contributed by atoms with Crippen LogP contribution in [0.25, 0.3) is 0 Å². The molecule has 2 aromatic carbocycles. The van der Waals surface area contributed by atoms with Crippen molar-refractivity contribution in [3.05, 3.63) is 82.0 Å². The number of ether oxygens (including phenoxy) is 1. The van der Waals surface area contributed by atoms with E-state index in [1.165, 1.54) is 16.2 Å². The smallest absolute Gasteiger partial charge is 0.338 e. The molecule has 7 nitrogen and oxygen atoms in total. The predicted molar refractivity (Wildman–Crippen MR) is 124 cm³/mol. The van der Waals surface area contributed by atoms with Crippen molar-refractivity contribution < 1.29 is 24.0 Å². The Kier molecular flexibility index (Phi) is 5.47. The van der Waals surface area contributed by atoms with Gasteiger partial charge in [0.2, 0.25) is 5.91 Å². The van der Waals surface area contributed by atoms with E-state index in [4.69, 9.17) is 9.57 Å². The molecular formula is C25H22N2O5S. The predicted octanol–water partition coefficient (Wildman–Crippen LogP) is 4.28. The minimum absolute atomic E-state index is 0.270. The summed E-state index contributed by atoms with van der Waals surface area (Å²) in [5.74, 6) is -1.86. The van der Waals surface area contributed by atoms with Crippen molar-refractivity contribution in [1.82, 2.24) is 0 Å². The largest absolute Gasteiger partial charge is 0.462 e. The third kappa shape index (κ3) is 3.51. The van der Waals surface area contributed by atoms with E-state index in [1.807, 2.05) is 48.7 Å². The molecule has 2 fully saturated rings. The Bertz CT molecular complexity index is 1210. The Hall–Kier alpha value is -3.49. The SMILES string of the molecule is CCOC(=O)c1ccc(N2C(=O)[C@@H]3[C@@H](c4cccs4)N(c4ccccc4C)O[C@H]3C2=O)cc1. The summed E-state index contributed by atoms with van der Waals surface area (Å²) in [6, 6.07) is 17.5. The zero-order valence-electron chi connectivity index (χ0n) is 18.1. The Morgan fingerprint density at radius 1 is 1.03 bits per heavy atom. The normalized spacial score (nSPS) is 22.1. The summed E-state index contributed by atoms with van der Waals surface area (Å²) >= 11 is 1.53. The zero-order valence-corrected chi connectivity index (χ0v) is 19.0. The number of thiophene rings is 1. The minimum Gasteiger partial charge on any atom is -0.462 e. The van der Waals surface area contributed by atoms with Crippen molar-refractivity contribution in [1.29, 1.82) is 0 Å². The lowest BCUT2D eigenvalue weighted by Crippen LogP contribution is -2.37. The molecule has 1 aromatic heterocycles. The van der Waals surface area contributed by atoms with Crippen LogP contribution in [0.3, 0.4) is 0 Å². The summed E-state index contributed by atoms with van der Waals surface area (Å²) in [6.45, 7) is 3.97. The molecule has 0 saturated carbocycles. The zero-order chi connectivity index (χ0) is 23.1. The number of anilines is 2. The molecule has 2 aliphatic heterocycles. The molecule has 0 bridgehead atoms. The molecule has 3 aromatic rings. The van der Waals surface area contributed by atoms with Gasteiger partial charge in [0, 0.05) is 4.88 Å². The van der Waals surface area contributed by atoms with E-state index in [-0.39, 0.29) is 12.5 Å². The van der Waals surface area contributed by atoms with Crippen molar-refractivity contribution in [3.63, 3.8) is 0 Å². The van der Waals surface area contributed by atoms with E-state index in [2.05, 4.69) is 0 Å². The average Bonchev–Trinajstić information content (AvgIpc) is 3.52. The molecule has 2 amide bonds. The number of para-hydroxylation sites is 1. The number of rotatable bonds is 5. The molecule has 168 valence electrons. The fourth-order valence-electron chi connectivity index (χ4n) is 4.40. The summed E-state index contributed by atoms with van der Waals surface area (Å²) in [6.07, 6.45) is -0.922. The highest BCUT2D eigenvalue weighted by molar-refractivity contribution is 7.10. The molecule has 0 unspecified atom stereocenters. The van der Waals surface area contributed by atoms with Gasteiger partial charge in [-0.25, -0.2) is 14.8 Å². The third-order valence-electron chi connectivity index (χ3n) is 5.94. The first-order valence-electron chi connectivity index (χ1n) is 10.7. The molecule has 3 atom stereocenters. The molecule has 0 aliphatic carbocycles. The summed E-state index contributed by atoms with van der Waals surface area (Å²) in [4.78, 5) is 47.2. The van der Waals surface area contributed by atoms with Crippen molar-refractivity contribution in [3.8, 4) is 0 Å². The second-order valence-electron chi connectivity index (χ2n) is 7.90. The van der Waals surface area contributed by atoms with Gasteiger partial charge in [0.1, 0.15) is 12.0 Å². The summed E-state index contributed by atoms with van der Waals surface area (Å²) in [5.41, 5.74) is 2.59. The topological polar surface area (TPSA) is 76.2 Å². The molecule has 2 saturated heterocycles. The molecule has 0 spiro atoms. The van der Waals surface area contributed by atoms with Gasteiger partial charge in [-0.15, -0.1) is 11.3 Å². The standard InChI is InChI=1S/C25H22N2O5S/c1-3-31-25(30)16-10-12-17(13-11-16)26-23(28)20-21(19-9-6-14-33-19)27(32-22(20)24(26)29)18-8-5-4-7-15(18)2/h4-14,20-22H,3H2,1-2H3/t20-,21-,22-/m1/s1. The fraction of sp³-hybridized carbons (Fsp3) is 0.240. The molecule has 8 heteroatoms. The van der Waals surface area contributed by atoms with Gasteiger partial charge in [-0.1, -0.05) is 24.3 Å². The van der Waals surface area contributed by atoms with Crippen LogP contribution in [0.4, 0.5) is 11.4 Å². The number of esters is 1. The summed E-state index contributed by atoms with van der Waals surface area (Å²) in [5, 5.41) is 3.67. The number of carbonyl (C=O) groups is 3. The fourth-order valence-corrected chi connectivity index (χ4v) is 5.25. The van der Waals surface area contributed by atoms with Crippen LogP contribution >= 0.6 is 11.3 Å². The Morgan fingerprint density at radius 2 is 1.79 bits per heavy atom. The van der Waals surface area contributed by atoms with E-state index in [0.29, 0.717) is 11.3 Å². The van der Waals surface area contributed by atoms with E-state index >= 15 is 0 Å². The second kappa shape index (κ2) is 8.46. The lowest BCUT2D eigenvalue weighted by Gasteiger charge is -2.29. The van der Waals surface area contributed by atoms with Crippen molar-refractivity contribution >= 4 is 40.5 Å². The number of nitrogens with zero attached hydrogens (tertiary/aromatic N) is 2. The van der Waals surface area contributed by atoms with Gasteiger partial charge < -0.3 is 4.74 Å². The van der Waals surface area contributed by atoms with E-state index in [9.17, 15) is 14.4 Å². The van der Waals surface area contributed by atoms with Gasteiger partial charge in [-0.05, 0) is 61.2 Å². The lowest BCUT2D eigenvalue weighted by atomic mass is 9.95. The Labute approximate surface area is 195 Å². The molecule has 5 rings (SSSR count). The number of hydrogen-bond donors (Lipinski definition) is 0. The Balaban J connectivity index is 1.49. The molecule has 0 radical (unpaired) electrons. The van der Waals surface area contributed by atoms with Crippen LogP contribution in [0.15, 0.2) is 66.0 Å². The molecule has 2 aliphatic rings. The van der Waals surface area contributed by atoms with Gasteiger partial charge in [0.05, 0.1) is 23.5 Å². The van der Waals surface area contributed by atoms with Crippen LogP contribution in [0.2, 0.25) is 0 Å². The van der Waals surface area contributed by atoms with E-state index in [0.717, 1.165) is 16.1 Å². The number of amides is 2. The van der Waals surface area contributed by atoms with Crippen LogP contribution in [0.5, 0.6) is 0 Å². The number of hydroxylamine groups is 1. The maximum Gasteiger partial charge on any atom is 0.338 e. The van der Waals surface area contributed by atoms with Crippen LogP contribution in [0, 0.1) is 12.8 Å². The first kappa shape index (κ1) is 21.4. The van der Waals surface area contributed by atoms with E-state index < -0.39 is 29.9 Å². The quantitative estimate of drug-likeness (QED) is 0.416.